The number of rotatable bonds is 2. The quantitative estimate of drug-likeness (QED) is 0.603. The van der Waals surface area contributed by atoms with Crippen molar-refractivity contribution in [1.82, 2.24) is 4.98 Å². The van der Waals surface area contributed by atoms with Crippen LogP contribution in [0.25, 0.3) is 0 Å². The van der Waals surface area contributed by atoms with Gasteiger partial charge in [-0.3, -0.25) is 4.79 Å². The number of carbonyl (C=O) groups is 1. The Morgan fingerprint density at radius 3 is 2.20 bits per heavy atom. The summed E-state index contributed by atoms with van der Waals surface area (Å²) in [6.07, 6.45) is 1.26. The van der Waals surface area contributed by atoms with Gasteiger partial charge in [0, 0.05) is 11.9 Å². The smallest absolute Gasteiger partial charge is 0.257 e. The molecule has 0 aliphatic heterocycles. The van der Waals surface area contributed by atoms with Gasteiger partial charge in [-0.05, 0) is 18.2 Å². The molecule has 1 heterocycles. The molecule has 20 heavy (non-hydrogen) atoms. The summed E-state index contributed by atoms with van der Waals surface area (Å²) in [6.45, 7) is 0. The molecule has 0 bridgehead atoms. The number of nitrogens with one attached hydrogen (secondary N) is 1. The van der Waals surface area contributed by atoms with Crippen LogP contribution in [0.3, 0.4) is 0 Å². The van der Waals surface area contributed by atoms with Crippen LogP contribution < -0.4 is 5.32 Å². The van der Waals surface area contributed by atoms with Crippen LogP contribution in [0, 0.1) is 5.82 Å². The van der Waals surface area contributed by atoms with E-state index in [4.69, 9.17) is 46.4 Å². The van der Waals surface area contributed by atoms with Crippen molar-refractivity contribution in [2.45, 2.75) is 0 Å². The zero-order valence-corrected chi connectivity index (χ0v) is 12.6. The number of hydrogen-bond acceptors (Lipinski definition) is 2. The van der Waals surface area contributed by atoms with E-state index >= 15 is 0 Å². The predicted molar refractivity (Wildman–Crippen MR) is 78.6 cm³/mol. The number of aromatic nitrogens is 1. The second-order valence-electron chi connectivity index (χ2n) is 3.70. The number of benzene rings is 1. The fourth-order valence-electron chi connectivity index (χ4n) is 1.38. The van der Waals surface area contributed by atoms with Gasteiger partial charge in [0.25, 0.3) is 5.91 Å². The first-order chi connectivity index (χ1) is 9.38. The van der Waals surface area contributed by atoms with Crippen LogP contribution in [-0.4, -0.2) is 10.9 Å². The molecule has 0 radical (unpaired) electrons. The van der Waals surface area contributed by atoms with E-state index in [2.05, 4.69) is 10.3 Å². The van der Waals surface area contributed by atoms with E-state index in [0.29, 0.717) is 0 Å². The number of halogens is 5. The molecule has 1 aromatic carbocycles. The molecule has 1 N–H and O–H groups in total. The predicted octanol–water partition coefficient (Wildman–Crippen LogP) is 5.09. The number of nitrogens with zero attached hydrogens (tertiary/aromatic N) is 1. The summed E-state index contributed by atoms with van der Waals surface area (Å²) in [4.78, 5) is 15.7. The second kappa shape index (κ2) is 6.14. The first-order valence-electron chi connectivity index (χ1n) is 5.15. The van der Waals surface area contributed by atoms with Crippen LogP contribution in [0.4, 0.5) is 10.1 Å². The van der Waals surface area contributed by atoms with Crippen LogP contribution >= 0.6 is 46.4 Å². The Balaban J connectivity index is 2.25. The molecule has 0 aliphatic rings. The van der Waals surface area contributed by atoms with Crippen LogP contribution in [0.5, 0.6) is 0 Å². The summed E-state index contributed by atoms with van der Waals surface area (Å²) in [7, 11) is 0. The van der Waals surface area contributed by atoms with Gasteiger partial charge in [0.2, 0.25) is 0 Å². The fourth-order valence-corrected chi connectivity index (χ4v) is 2.13. The Morgan fingerprint density at radius 2 is 1.65 bits per heavy atom. The third-order valence-electron chi connectivity index (χ3n) is 2.30. The van der Waals surface area contributed by atoms with E-state index in [1.165, 1.54) is 24.4 Å². The molecule has 0 saturated carbocycles. The normalized spacial score (nSPS) is 10.4. The molecule has 0 unspecified atom stereocenters. The van der Waals surface area contributed by atoms with Crippen molar-refractivity contribution in [3.8, 4) is 0 Å². The van der Waals surface area contributed by atoms with Crippen molar-refractivity contribution < 1.29 is 9.18 Å². The molecular formula is C12H5Cl4FN2O. The van der Waals surface area contributed by atoms with Gasteiger partial charge in [-0.1, -0.05) is 46.4 Å². The Bertz CT molecular complexity index is 670. The van der Waals surface area contributed by atoms with Gasteiger partial charge in [0.05, 0.1) is 20.6 Å². The van der Waals surface area contributed by atoms with Gasteiger partial charge in [0.1, 0.15) is 5.15 Å². The molecule has 1 aromatic heterocycles. The van der Waals surface area contributed by atoms with Gasteiger partial charge < -0.3 is 5.32 Å². The molecule has 104 valence electrons. The molecular weight excluding hydrogens is 349 g/mol. The van der Waals surface area contributed by atoms with Crippen LogP contribution in [0.1, 0.15) is 10.4 Å². The average Bonchev–Trinajstić information content (AvgIpc) is 2.39. The van der Waals surface area contributed by atoms with E-state index < -0.39 is 11.7 Å². The van der Waals surface area contributed by atoms with Gasteiger partial charge >= 0.3 is 0 Å². The average molecular weight is 354 g/mol. The summed E-state index contributed by atoms with van der Waals surface area (Å²) in [5.41, 5.74) is 0.438. The summed E-state index contributed by atoms with van der Waals surface area (Å²) in [5.74, 6) is -1.25. The molecule has 0 atom stereocenters. The summed E-state index contributed by atoms with van der Waals surface area (Å²) in [6, 6.07) is 3.84. The van der Waals surface area contributed by atoms with Crippen LogP contribution in [0.2, 0.25) is 20.2 Å². The van der Waals surface area contributed by atoms with Gasteiger partial charge in [-0.25, -0.2) is 9.37 Å². The highest BCUT2D eigenvalue weighted by Crippen LogP contribution is 2.28. The van der Waals surface area contributed by atoms with Crippen LogP contribution in [0.15, 0.2) is 24.4 Å². The fraction of sp³-hybridized carbons (Fsp3) is 0. The zero-order chi connectivity index (χ0) is 14.9. The lowest BCUT2D eigenvalue weighted by Gasteiger charge is -2.07. The molecule has 0 fully saturated rings. The number of pyridine rings is 1. The molecule has 0 saturated heterocycles. The Morgan fingerprint density at radius 1 is 1.05 bits per heavy atom. The van der Waals surface area contributed by atoms with Crippen LogP contribution in [-0.2, 0) is 0 Å². The summed E-state index contributed by atoms with van der Waals surface area (Å²) >= 11 is 22.7. The van der Waals surface area contributed by atoms with E-state index in [9.17, 15) is 9.18 Å². The Kier molecular flexibility index (Phi) is 4.70. The second-order valence-corrected chi connectivity index (χ2v) is 5.28. The van der Waals surface area contributed by atoms with Gasteiger partial charge in [-0.15, -0.1) is 0 Å². The van der Waals surface area contributed by atoms with E-state index in [1.54, 1.807) is 0 Å². The number of hydrogen-bond donors (Lipinski definition) is 1. The first kappa shape index (κ1) is 15.3. The maximum atomic E-state index is 13.2. The molecule has 0 aliphatic carbocycles. The van der Waals surface area contributed by atoms with Gasteiger partial charge in [0.15, 0.2) is 5.82 Å². The third kappa shape index (κ3) is 3.33. The summed E-state index contributed by atoms with van der Waals surface area (Å²) in [5, 5.41) is 2.35. The molecule has 2 rings (SSSR count). The monoisotopic (exact) mass is 352 g/mol. The minimum Gasteiger partial charge on any atom is -0.322 e. The van der Waals surface area contributed by atoms with Crippen molar-refractivity contribution in [1.29, 1.82) is 0 Å². The summed E-state index contributed by atoms with van der Waals surface area (Å²) < 4.78 is 13.2. The number of anilines is 1. The lowest BCUT2D eigenvalue weighted by atomic mass is 10.2. The molecule has 3 nitrogen and oxygen atoms in total. The minimum absolute atomic E-state index is 0.0936. The lowest BCUT2D eigenvalue weighted by Crippen LogP contribution is -2.12. The molecule has 1 amide bonds. The molecule has 8 heteroatoms. The highest BCUT2D eigenvalue weighted by atomic mass is 35.5. The highest BCUT2D eigenvalue weighted by Gasteiger charge is 2.12. The zero-order valence-electron chi connectivity index (χ0n) is 9.55. The standard InChI is InChI=1S/C12H5Cl4FN2O/c13-7-2-6(3-8(14)10(7)17)19-12(20)5-1-9(15)11(16)18-4-5/h1-4H,(H,19,20). The topological polar surface area (TPSA) is 42.0 Å². The van der Waals surface area contributed by atoms with Crippen molar-refractivity contribution >= 4 is 58.0 Å². The number of amides is 1. The largest absolute Gasteiger partial charge is 0.322 e. The van der Waals surface area contributed by atoms with Crippen molar-refractivity contribution in [3.05, 3.63) is 56.0 Å². The minimum atomic E-state index is -0.748. The van der Waals surface area contributed by atoms with E-state index in [-0.39, 0.29) is 31.5 Å². The lowest BCUT2D eigenvalue weighted by molar-refractivity contribution is 0.102. The Hall–Kier alpha value is -1.07. The van der Waals surface area contributed by atoms with E-state index in [0.717, 1.165) is 0 Å². The van der Waals surface area contributed by atoms with Gasteiger partial charge in [-0.2, -0.15) is 0 Å². The SMILES string of the molecule is O=C(Nc1cc(Cl)c(F)c(Cl)c1)c1cnc(Cl)c(Cl)c1. The Labute approximate surface area is 133 Å². The number of carbonyl (C=O) groups excluding carboxylic acids is 1. The van der Waals surface area contributed by atoms with Crippen molar-refractivity contribution in [2.75, 3.05) is 5.32 Å². The maximum Gasteiger partial charge on any atom is 0.257 e. The first-order valence-corrected chi connectivity index (χ1v) is 6.66. The van der Waals surface area contributed by atoms with E-state index in [1.807, 2.05) is 0 Å². The van der Waals surface area contributed by atoms with Crippen molar-refractivity contribution in [3.63, 3.8) is 0 Å². The maximum absolute atomic E-state index is 13.2. The third-order valence-corrected chi connectivity index (χ3v) is 3.54. The highest BCUT2D eigenvalue weighted by molar-refractivity contribution is 6.41. The molecule has 2 aromatic rings. The molecule has 0 spiro atoms. The van der Waals surface area contributed by atoms with Crippen molar-refractivity contribution in [2.24, 2.45) is 0 Å².